The van der Waals surface area contributed by atoms with Crippen LogP contribution in [0.2, 0.25) is 0 Å². The minimum atomic E-state index is -0.457. The number of hydrogen-bond donors (Lipinski definition) is 0. The fourth-order valence-electron chi connectivity index (χ4n) is 4.26. The van der Waals surface area contributed by atoms with Crippen LogP contribution < -0.4 is 16.0 Å². The molecule has 222 valence electrons. The summed E-state index contributed by atoms with van der Waals surface area (Å²) >= 11 is 0. The molecule has 0 aliphatic rings. The summed E-state index contributed by atoms with van der Waals surface area (Å²) in [5.41, 5.74) is 5.45. The Kier molecular flexibility index (Phi) is 9.36. The highest BCUT2D eigenvalue weighted by Gasteiger charge is 2.06. The first kappa shape index (κ1) is 30.3. The van der Waals surface area contributed by atoms with Gasteiger partial charge in [0, 0.05) is 30.7 Å². The molecule has 0 aliphatic carbocycles. The van der Waals surface area contributed by atoms with Crippen molar-refractivity contribution in [2.45, 2.75) is 20.8 Å². The van der Waals surface area contributed by atoms with Gasteiger partial charge in [-0.15, -0.1) is 6.42 Å². The molecule has 0 bridgehead atoms. The Bertz CT molecular complexity index is 2220. The number of aryl methyl sites for hydroxylation is 3. The van der Waals surface area contributed by atoms with Gasteiger partial charge in [-0.25, -0.2) is 19.6 Å². The van der Waals surface area contributed by atoms with Crippen molar-refractivity contribution in [3.63, 3.8) is 0 Å². The molecule has 0 saturated heterocycles. The lowest BCUT2D eigenvalue weighted by Crippen LogP contribution is -2.03. The number of hydrogen-bond acceptors (Lipinski definition) is 9. The number of fused-ring (bicyclic) bond motifs is 2. The lowest BCUT2D eigenvalue weighted by molar-refractivity contribution is 0.368. The second-order valence-corrected chi connectivity index (χ2v) is 9.97. The van der Waals surface area contributed by atoms with E-state index in [2.05, 4.69) is 51.8 Å². The van der Waals surface area contributed by atoms with E-state index in [0.29, 0.717) is 21.9 Å². The first-order valence-electron chi connectivity index (χ1n) is 13.9. The second-order valence-electron chi connectivity index (χ2n) is 9.97. The first-order valence-corrected chi connectivity index (χ1v) is 13.9. The summed E-state index contributed by atoms with van der Waals surface area (Å²) in [6.45, 7) is 6.30. The molecule has 45 heavy (non-hydrogen) atoms. The quantitative estimate of drug-likeness (QED) is 0.200. The molecule has 0 spiro atoms. The Morgan fingerprint density at radius 3 is 2.18 bits per heavy atom. The van der Waals surface area contributed by atoms with E-state index in [4.69, 9.17) is 20.0 Å². The van der Waals surface area contributed by atoms with Crippen molar-refractivity contribution in [1.82, 2.24) is 19.9 Å². The van der Waals surface area contributed by atoms with Gasteiger partial charge in [0.1, 0.15) is 23.1 Å². The summed E-state index contributed by atoms with van der Waals surface area (Å²) in [6, 6.07) is 16.8. The van der Waals surface area contributed by atoms with Crippen LogP contribution in [-0.4, -0.2) is 26.5 Å². The van der Waals surface area contributed by atoms with Gasteiger partial charge in [0.05, 0.1) is 5.52 Å². The normalized spacial score (nSPS) is 11.1. The van der Waals surface area contributed by atoms with Crippen LogP contribution in [0.15, 0.2) is 91.6 Å². The van der Waals surface area contributed by atoms with Gasteiger partial charge in [-0.1, -0.05) is 30.2 Å². The zero-order valence-corrected chi connectivity index (χ0v) is 24.9. The third kappa shape index (κ3) is 7.63. The number of rotatable bonds is 6. The lowest BCUT2D eigenvalue weighted by atomic mass is 10.1. The molecule has 2 aromatic carbocycles. The maximum atomic E-state index is 11.9. The van der Waals surface area contributed by atoms with Gasteiger partial charge >= 0.3 is 11.3 Å². The number of terminal acetylenes is 1. The maximum Gasteiger partial charge on any atom is 0.348 e. The van der Waals surface area contributed by atoms with Gasteiger partial charge in [-0.2, -0.15) is 4.98 Å². The third-order valence-electron chi connectivity index (χ3n) is 6.74. The molecule has 0 aliphatic heterocycles. The minimum absolute atomic E-state index is 0.205. The van der Waals surface area contributed by atoms with Crippen molar-refractivity contribution in [3.05, 3.63) is 134 Å². The Balaban J connectivity index is 0.000000179. The standard InChI is InChI=1S/C19H14N2O3.C17H14N2O2/c1-3-11-23-16-8-6-14(12-13(16)2)7-9-17-21-18-15(19(22)24-17)5-4-10-20-18;1-11-3-4-13(9-12(11)2)5-6-16-19-15-7-8-18-10-14(15)17(20)21-16/h1,4-10,12H,11H2,2H3;3-10H,1-2H3/b9-7+;6-5+. The van der Waals surface area contributed by atoms with Crippen molar-refractivity contribution in [3.8, 4) is 18.1 Å². The molecule has 0 unspecified atom stereocenters. The van der Waals surface area contributed by atoms with Crippen LogP contribution in [0.1, 0.15) is 39.6 Å². The zero-order chi connectivity index (χ0) is 31.8. The number of nitrogens with zero attached hydrogens (tertiary/aromatic N) is 4. The molecular formula is C36H28N4O5. The van der Waals surface area contributed by atoms with Crippen LogP contribution in [0.4, 0.5) is 0 Å². The predicted octanol–water partition coefficient (Wildman–Crippen LogP) is 6.44. The van der Waals surface area contributed by atoms with Gasteiger partial charge in [0.2, 0.25) is 11.8 Å². The largest absolute Gasteiger partial charge is 0.481 e. The SMILES string of the molecule is C#CCOc1ccc(/C=C/c2nc3ncccc3c(=O)o2)cc1C.Cc1ccc(/C=C/c2nc3ccncc3c(=O)o2)cc1C. The van der Waals surface area contributed by atoms with Crippen molar-refractivity contribution in [2.24, 2.45) is 0 Å². The number of benzene rings is 2. The fourth-order valence-corrected chi connectivity index (χ4v) is 4.26. The van der Waals surface area contributed by atoms with E-state index in [0.717, 1.165) is 22.4 Å². The summed E-state index contributed by atoms with van der Waals surface area (Å²) in [5, 5.41) is 0.751. The molecule has 0 amide bonds. The summed E-state index contributed by atoms with van der Waals surface area (Å²) < 4.78 is 15.8. The summed E-state index contributed by atoms with van der Waals surface area (Å²) in [7, 11) is 0. The molecule has 0 radical (unpaired) electrons. The number of aromatic nitrogens is 4. The van der Waals surface area contributed by atoms with Gasteiger partial charge < -0.3 is 13.6 Å². The van der Waals surface area contributed by atoms with E-state index in [1.165, 1.54) is 17.3 Å². The minimum Gasteiger partial charge on any atom is -0.481 e. The van der Waals surface area contributed by atoms with Crippen LogP contribution in [0.3, 0.4) is 0 Å². The van der Waals surface area contributed by atoms with Gasteiger partial charge in [0.25, 0.3) is 0 Å². The molecule has 0 atom stereocenters. The molecular weight excluding hydrogens is 568 g/mol. The van der Waals surface area contributed by atoms with Crippen molar-refractivity contribution >= 4 is 46.2 Å². The molecule has 4 aromatic heterocycles. The van der Waals surface area contributed by atoms with Gasteiger partial charge in [-0.05, 0) is 91.1 Å². The van der Waals surface area contributed by atoms with E-state index in [-0.39, 0.29) is 18.4 Å². The Morgan fingerprint density at radius 2 is 1.47 bits per heavy atom. The van der Waals surface area contributed by atoms with Gasteiger partial charge in [0.15, 0.2) is 5.65 Å². The van der Waals surface area contributed by atoms with Gasteiger partial charge in [-0.3, -0.25) is 4.98 Å². The van der Waals surface area contributed by atoms with Crippen LogP contribution in [0.5, 0.6) is 5.75 Å². The Hall–Kier alpha value is -6.14. The molecule has 6 rings (SSSR count). The molecule has 6 aromatic rings. The average Bonchev–Trinajstić information content (AvgIpc) is 3.04. The zero-order valence-electron chi connectivity index (χ0n) is 24.9. The maximum absolute atomic E-state index is 11.9. The van der Waals surface area contributed by atoms with Crippen molar-refractivity contribution < 1.29 is 13.6 Å². The molecule has 9 heteroatoms. The summed E-state index contributed by atoms with van der Waals surface area (Å²) in [6.07, 6.45) is 16.9. The topological polar surface area (TPSA) is 121 Å². The molecule has 0 saturated carbocycles. The summed E-state index contributed by atoms with van der Waals surface area (Å²) in [5.74, 6) is 3.67. The van der Waals surface area contributed by atoms with E-state index < -0.39 is 11.3 Å². The highest BCUT2D eigenvalue weighted by atomic mass is 16.5. The highest BCUT2D eigenvalue weighted by Crippen LogP contribution is 2.20. The molecule has 0 fully saturated rings. The van der Waals surface area contributed by atoms with Crippen molar-refractivity contribution in [2.75, 3.05) is 6.61 Å². The summed E-state index contributed by atoms with van der Waals surface area (Å²) in [4.78, 5) is 40.2. The number of ether oxygens (including phenoxy) is 1. The third-order valence-corrected chi connectivity index (χ3v) is 6.74. The molecule has 9 nitrogen and oxygen atoms in total. The predicted molar refractivity (Wildman–Crippen MR) is 175 cm³/mol. The average molecular weight is 597 g/mol. The van der Waals surface area contributed by atoms with E-state index in [1.54, 1.807) is 48.8 Å². The lowest BCUT2D eigenvalue weighted by Gasteiger charge is -2.06. The van der Waals surface area contributed by atoms with Crippen LogP contribution in [0, 0.1) is 33.1 Å². The van der Waals surface area contributed by atoms with Crippen molar-refractivity contribution in [1.29, 1.82) is 0 Å². The Labute approximate surface area is 258 Å². The first-order chi connectivity index (χ1) is 21.8. The molecule has 0 N–H and O–H groups in total. The second kappa shape index (κ2) is 13.9. The molecule has 4 heterocycles. The van der Waals surface area contributed by atoms with E-state index in [1.807, 2.05) is 37.3 Å². The fraction of sp³-hybridized carbons (Fsp3) is 0.111. The monoisotopic (exact) mass is 596 g/mol. The Morgan fingerprint density at radius 1 is 0.778 bits per heavy atom. The van der Waals surface area contributed by atoms with E-state index in [9.17, 15) is 9.59 Å². The van der Waals surface area contributed by atoms with Crippen LogP contribution >= 0.6 is 0 Å². The smallest absolute Gasteiger partial charge is 0.348 e. The van der Waals surface area contributed by atoms with E-state index >= 15 is 0 Å². The number of pyridine rings is 2. The van der Waals surface area contributed by atoms with Crippen LogP contribution in [0.25, 0.3) is 46.2 Å². The highest BCUT2D eigenvalue weighted by molar-refractivity contribution is 5.77. The van der Waals surface area contributed by atoms with Crippen LogP contribution in [-0.2, 0) is 0 Å².